The number of aromatic nitrogens is 2. The molecule has 1 aromatic heterocycles. The zero-order chi connectivity index (χ0) is 24.9. The van der Waals surface area contributed by atoms with Gasteiger partial charge in [-0.2, -0.15) is 0 Å². The van der Waals surface area contributed by atoms with Crippen molar-refractivity contribution in [1.82, 2.24) is 9.97 Å². The topological polar surface area (TPSA) is 92.3 Å². The summed E-state index contributed by atoms with van der Waals surface area (Å²) >= 11 is 0. The average molecular weight is 469 g/mol. The molecule has 0 spiro atoms. The molecule has 1 aromatic carbocycles. The summed E-state index contributed by atoms with van der Waals surface area (Å²) in [4.78, 5) is 23.8. The van der Waals surface area contributed by atoms with Crippen molar-refractivity contribution < 1.29 is 9.90 Å². The number of benzene rings is 1. The number of rotatable bonds is 16. The summed E-state index contributed by atoms with van der Waals surface area (Å²) in [5.74, 6) is 1.82. The van der Waals surface area contributed by atoms with Crippen molar-refractivity contribution in [3.05, 3.63) is 41.1 Å². The van der Waals surface area contributed by atoms with Crippen LogP contribution in [-0.4, -0.2) is 40.7 Å². The molecule has 6 heteroatoms. The van der Waals surface area contributed by atoms with Gasteiger partial charge in [-0.1, -0.05) is 58.7 Å². The molecule has 0 atom stereocenters. The third kappa shape index (κ3) is 7.52. The Morgan fingerprint density at radius 1 is 1.03 bits per heavy atom. The first kappa shape index (κ1) is 27.8. The van der Waals surface area contributed by atoms with Crippen molar-refractivity contribution in [3.63, 3.8) is 0 Å². The molecule has 0 aliphatic rings. The SMILES string of the molecule is CCCC(CCC)c1cnc(-c2c(CC)cccc2CC)nc1N(CCCO)CCCC(N)=O. The maximum atomic E-state index is 11.4. The van der Waals surface area contributed by atoms with Crippen LogP contribution in [0, 0.1) is 0 Å². The Bertz CT molecular complexity index is 872. The Kier molecular flexibility index (Phi) is 12.0. The van der Waals surface area contributed by atoms with E-state index in [1.54, 1.807) is 0 Å². The molecule has 188 valence electrons. The summed E-state index contributed by atoms with van der Waals surface area (Å²) < 4.78 is 0. The summed E-state index contributed by atoms with van der Waals surface area (Å²) in [7, 11) is 0. The molecule has 0 bridgehead atoms. The van der Waals surface area contributed by atoms with Gasteiger partial charge >= 0.3 is 0 Å². The van der Waals surface area contributed by atoms with Gasteiger partial charge in [-0.25, -0.2) is 9.97 Å². The summed E-state index contributed by atoms with van der Waals surface area (Å²) in [6.07, 6.45) is 9.91. The number of hydrogen-bond donors (Lipinski definition) is 2. The zero-order valence-corrected chi connectivity index (χ0v) is 21.6. The molecule has 0 saturated carbocycles. The van der Waals surface area contributed by atoms with E-state index in [4.69, 9.17) is 15.7 Å². The summed E-state index contributed by atoms with van der Waals surface area (Å²) in [5.41, 5.74) is 10.2. The first-order valence-corrected chi connectivity index (χ1v) is 13.1. The summed E-state index contributed by atoms with van der Waals surface area (Å²) in [5, 5.41) is 9.56. The first-order chi connectivity index (χ1) is 16.5. The van der Waals surface area contributed by atoms with Crippen LogP contribution in [0.5, 0.6) is 0 Å². The second-order valence-electron chi connectivity index (χ2n) is 9.04. The van der Waals surface area contributed by atoms with E-state index in [2.05, 4.69) is 50.8 Å². The highest BCUT2D eigenvalue weighted by Crippen LogP contribution is 2.35. The number of nitrogens with zero attached hydrogens (tertiary/aromatic N) is 3. The molecule has 2 aromatic rings. The average Bonchev–Trinajstić information content (AvgIpc) is 2.85. The van der Waals surface area contributed by atoms with Gasteiger partial charge in [0.25, 0.3) is 0 Å². The molecule has 2 rings (SSSR count). The fourth-order valence-electron chi connectivity index (χ4n) is 4.76. The number of primary amides is 1. The van der Waals surface area contributed by atoms with Crippen LogP contribution in [0.1, 0.15) is 95.2 Å². The molecule has 0 saturated heterocycles. The van der Waals surface area contributed by atoms with Crippen LogP contribution in [0.15, 0.2) is 24.4 Å². The van der Waals surface area contributed by atoms with E-state index in [1.807, 2.05) is 6.20 Å². The maximum Gasteiger partial charge on any atom is 0.217 e. The fourth-order valence-corrected chi connectivity index (χ4v) is 4.76. The van der Waals surface area contributed by atoms with E-state index in [1.165, 1.54) is 16.7 Å². The quantitative estimate of drug-likeness (QED) is 0.344. The third-order valence-electron chi connectivity index (χ3n) is 6.47. The Balaban J connectivity index is 2.65. The lowest BCUT2D eigenvalue weighted by atomic mass is 9.90. The van der Waals surface area contributed by atoms with Crippen molar-refractivity contribution >= 4 is 11.7 Å². The van der Waals surface area contributed by atoms with Crippen LogP contribution in [0.3, 0.4) is 0 Å². The lowest BCUT2D eigenvalue weighted by Gasteiger charge is -2.29. The number of hydrogen-bond acceptors (Lipinski definition) is 5. The number of aliphatic hydroxyl groups excluding tert-OH is 1. The van der Waals surface area contributed by atoms with Gasteiger partial charge in [0.15, 0.2) is 5.82 Å². The van der Waals surface area contributed by atoms with Crippen LogP contribution in [0.2, 0.25) is 0 Å². The Morgan fingerprint density at radius 3 is 2.18 bits per heavy atom. The molecule has 0 fully saturated rings. The molecule has 1 heterocycles. The number of aryl methyl sites for hydroxylation is 2. The minimum absolute atomic E-state index is 0.117. The molecular formula is C28H44N4O2. The van der Waals surface area contributed by atoms with Crippen LogP contribution in [0.4, 0.5) is 5.82 Å². The van der Waals surface area contributed by atoms with E-state index in [-0.39, 0.29) is 12.5 Å². The maximum absolute atomic E-state index is 11.4. The lowest BCUT2D eigenvalue weighted by molar-refractivity contribution is -0.118. The lowest BCUT2D eigenvalue weighted by Crippen LogP contribution is -2.30. The van der Waals surface area contributed by atoms with E-state index >= 15 is 0 Å². The minimum atomic E-state index is -0.287. The second kappa shape index (κ2) is 14.7. The third-order valence-corrected chi connectivity index (χ3v) is 6.47. The standard InChI is InChI=1S/C28H44N4O2/c1-5-12-23(13-6-2)24-20-30-27(26-21(7-3)14-9-15-22(26)8-4)31-28(24)32(18-11-19-33)17-10-16-25(29)34/h9,14-15,20,23,33H,5-8,10-13,16-19H2,1-4H3,(H2,29,34). The first-order valence-electron chi connectivity index (χ1n) is 13.1. The van der Waals surface area contributed by atoms with E-state index < -0.39 is 0 Å². The van der Waals surface area contributed by atoms with Gasteiger partial charge in [-0.3, -0.25) is 4.79 Å². The van der Waals surface area contributed by atoms with Gasteiger partial charge in [0, 0.05) is 43.4 Å². The zero-order valence-electron chi connectivity index (χ0n) is 21.6. The van der Waals surface area contributed by atoms with Crippen molar-refractivity contribution in [1.29, 1.82) is 0 Å². The van der Waals surface area contributed by atoms with Gasteiger partial charge in [0.1, 0.15) is 5.82 Å². The highest BCUT2D eigenvalue weighted by Gasteiger charge is 2.23. The largest absolute Gasteiger partial charge is 0.396 e. The monoisotopic (exact) mass is 468 g/mol. The normalized spacial score (nSPS) is 11.2. The number of aliphatic hydroxyl groups is 1. The predicted octanol–water partition coefficient (Wildman–Crippen LogP) is 5.41. The Labute approximate surface area is 206 Å². The van der Waals surface area contributed by atoms with Gasteiger partial charge < -0.3 is 15.7 Å². The molecular weight excluding hydrogens is 424 g/mol. The number of amides is 1. The van der Waals surface area contributed by atoms with Crippen LogP contribution in [0.25, 0.3) is 11.4 Å². The van der Waals surface area contributed by atoms with Gasteiger partial charge in [0.2, 0.25) is 5.91 Å². The molecule has 1 amide bonds. The van der Waals surface area contributed by atoms with Crippen LogP contribution in [-0.2, 0) is 17.6 Å². The van der Waals surface area contributed by atoms with Gasteiger partial charge in [-0.15, -0.1) is 0 Å². The van der Waals surface area contributed by atoms with Crippen LogP contribution >= 0.6 is 0 Å². The van der Waals surface area contributed by atoms with E-state index in [0.717, 1.165) is 55.7 Å². The van der Waals surface area contributed by atoms with Crippen molar-refractivity contribution in [2.75, 3.05) is 24.6 Å². The number of carbonyl (C=O) groups is 1. The molecule has 0 aliphatic carbocycles. The highest BCUT2D eigenvalue weighted by atomic mass is 16.3. The van der Waals surface area contributed by atoms with Gasteiger partial charge in [0.05, 0.1) is 0 Å². The molecule has 0 unspecified atom stereocenters. The summed E-state index contributed by atoms with van der Waals surface area (Å²) in [6.45, 7) is 10.3. The molecule has 3 N–H and O–H groups in total. The molecule has 6 nitrogen and oxygen atoms in total. The fraction of sp³-hybridized carbons (Fsp3) is 0.607. The van der Waals surface area contributed by atoms with Crippen LogP contribution < -0.4 is 10.6 Å². The minimum Gasteiger partial charge on any atom is -0.396 e. The molecule has 34 heavy (non-hydrogen) atoms. The Hall–Kier alpha value is -2.47. The summed E-state index contributed by atoms with van der Waals surface area (Å²) in [6, 6.07) is 6.45. The molecule has 0 radical (unpaired) electrons. The highest BCUT2D eigenvalue weighted by molar-refractivity contribution is 5.73. The number of nitrogens with two attached hydrogens (primary N) is 1. The van der Waals surface area contributed by atoms with Crippen molar-refractivity contribution in [2.24, 2.45) is 5.73 Å². The van der Waals surface area contributed by atoms with E-state index in [0.29, 0.717) is 38.3 Å². The van der Waals surface area contributed by atoms with E-state index in [9.17, 15) is 9.90 Å². The predicted molar refractivity (Wildman–Crippen MR) is 141 cm³/mol. The smallest absolute Gasteiger partial charge is 0.217 e. The van der Waals surface area contributed by atoms with Crippen molar-refractivity contribution in [2.45, 2.75) is 91.4 Å². The molecule has 0 aliphatic heterocycles. The number of anilines is 1. The number of carbonyl (C=O) groups excluding carboxylic acids is 1. The van der Waals surface area contributed by atoms with Crippen molar-refractivity contribution in [3.8, 4) is 11.4 Å². The second-order valence-corrected chi connectivity index (χ2v) is 9.04. The Morgan fingerprint density at radius 2 is 1.65 bits per heavy atom. The van der Waals surface area contributed by atoms with Gasteiger partial charge in [-0.05, 0) is 55.6 Å².